The van der Waals surface area contributed by atoms with E-state index in [4.69, 9.17) is 5.90 Å². The predicted octanol–water partition coefficient (Wildman–Crippen LogP) is 3.65. The summed E-state index contributed by atoms with van der Waals surface area (Å²) in [5, 5.41) is 8.63. The average Bonchev–Trinajstić information content (AvgIpc) is 3.33. The molecule has 2 N–H and O–H groups in total. The average molecular weight is 438 g/mol. The first-order valence-corrected chi connectivity index (χ1v) is 10.7. The summed E-state index contributed by atoms with van der Waals surface area (Å²) in [6.45, 7) is 1.40. The number of aromatic nitrogens is 3. The number of rotatable bonds is 7. The van der Waals surface area contributed by atoms with Crippen molar-refractivity contribution in [1.82, 2.24) is 19.9 Å². The third kappa shape index (κ3) is 5.59. The molecule has 4 rings (SSSR count). The summed E-state index contributed by atoms with van der Waals surface area (Å²) < 4.78 is 6.55. The highest BCUT2D eigenvalue weighted by Crippen LogP contribution is 2.26. The zero-order valence-electron chi connectivity index (χ0n) is 16.8. The van der Waals surface area contributed by atoms with Crippen LogP contribution in [0.25, 0.3) is 17.3 Å². The summed E-state index contributed by atoms with van der Waals surface area (Å²) in [4.78, 5) is 19.3. The Morgan fingerprint density at radius 1 is 1.10 bits per heavy atom. The van der Waals surface area contributed by atoms with Gasteiger partial charge >= 0.3 is 0 Å². The van der Waals surface area contributed by atoms with Crippen LogP contribution in [0.2, 0.25) is 0 Å². The van der Waals surface area contributed by atoms with Crippen molar-refractivity contribution in [3.8, 4) is 11.3 Å². The SMILES string of the molecule is NOOSc1ccc(-c2cn(C3CCN(C(=O)/C=C/c4ccccc4)CC3)nn2)cc1. The highest BCUT2D eigenvalue weighted by Gasteiger charge is 2.23. The molecule has 0 spiro atoms. The van der Waals surface area contributed by atoms with E-state index in [0.717, 1.165) is 46.6 Å². The monoisotopic (exact) mass is 437 g/mol. The molecule has 3 aromatic rings. The molecule has 1 amide bonds. The van der Waals surface area contributed by atoms with Gasteiger partial charge in [-0.15, -0.1) is 14.4 Å². The molecule has 8 nitrogen and oxygen atoms in total. The Bertz CT molecular complexity index is 1020. The Hall–Kier alpha value is -2.98. The first kappa shape index (κ1) is 21.3. The Labute approximate surface area is 184 Å². The summed E-state index contributed by atoms with van der Waals surface area (Å²) in [6, 6.07) is 17.7. The second-order valence-electron chi connectivity index (χ2n) is 7.16. The zero-order valence-corrected chi connectivity index (χ0v) is 17.6. The van der Waals surface area contributed by atoms with Crippen molar-refractivity contribution >= 4 is 24.0 Å². The lowest BCUT2D eigenvalue weighted by Gasteiger charge is -2.31. The van der Waals surface area contributed by atoms with Crippen LogP contribution in [-0.4, -0.2) is 38.9 Å². The van der Waals surface area contributed by atoms with Crippen molar-refractivity contribution < 1.29 is 14.1 Å². The summed E-state index contributed by atoms with van der Waals surface area (Å²) in [5.74, 6) is 4.89. The minimum absolute atomic E-state index is 0.0450. The standard InChI is InChI=1S/C22H23N5O3S/c23-29-30-31-20-9-7-18(8-10-20)21-16-27(25-24-21)19-12-14-26(15-13-19)22(28)11-6-17-4-2-1-3-5-17/h1-11,16,19H,12-15,23H2/b11-6+. The van der Waals surface area contributed by atoms with Gasteiger partial charge in [0.25, 0.3) is 0 Å². The third-order valence-electron chi connectivity index (χ3n) is 5.20. The number of nitrogens with zero attached hydrogens (tertiary/aromatic N) is 4. The van der Waals surface area contributed by atoms with Gasteiger partial charge in [0.15, 0.2) is 0 Å². The Kier molecular flexibility index (Phi) is 7.11. The van der Waals surface area contributed by atoms with E-state index in [1.165, 1.54) is 0 Å². The van der Waals surface area contributed by atoms with E-state index < -0.39 is 0 Å². The van der Waals surface area contributed by atoms with E-state index in [1.54, 1.807) is 6.08 Å². The molecule has 1 aliphatic heterocycles. The predicted molar refractivity (Wildman–Crippen MR) is 118 cm³/mol. The number of hydrogen-bond donors (Lipinski definition) is 1. The molecule has 0 atom stereocenters. The van der Waals surface area contributed by atoms with Gasteiger partial charge in [0, 0.05) is 29.6 Å². The molecule has 1 saturated heterocycles. The highest BCUT2D eigenvalue weighted by molar-refractivity contribution is 7.94. The maximum absolute atomic E-state index is 12.5. The van der Waals surface area contributed by atoms with E-state index in [9.17, 15) is 4.79 Å². The number of nitrogens with two attached hydrogens (primary N) is 1. The van der Waals surface area contributed by atoms with Crippen LogP contribution < -0.4 is 5.90 Å². The summed E-state index contributed by atoms with van der Waals surface area (Å²) in [6.07, 6.45) is 7.16. The van der Waals surface area contributed by atoms with E-state index in [2.05, 4.69) is 19.6 Å². The molecule has 160 valence electrons. The van der Waals surface area contributed by atoms with Crippen LogP contribution in [-0.2, 0) is 14.1 Å². The summed E-state index contributed by atoms with van der Waals surface area (Å²) >= 11 is 1.03. The molecular weight excluding hydrogens is 414 g/mol. The van der Waals surface area contributed by atoms with Gasteiger partial charge in [-0.1, -0.05) is 47.7 Å². The molecule has 2 heterocycles. The topological polar surface area (TPSA) is 95.5 Å². The number of carbonyl (C=O) groups excluding carboxylic acids is 1. The lowest BCUT2D eigenvalue weighted by atomic mass is 10.0. The third-order valence-corrected chi connectivity index (χ3v) is 5.81. The summed E-state index contributed by atoms with van der Waals surface area (Å²) in [5.41, 5.74) is 2.78. The zero-order chi connectivity index (χ0) is 21.5. The van der Waals surface area contributed by atoms with Crippen molar-refractivity contribution in [3.05, 3.63) is 72.4 Å². The van der Waals surface area contributed by atoms with Crippen LogP contribution in [0, 0.1) is 0 Å². The van der Waals surface area contributed by atoms with E-state index in [1.807, 2.05) is 76.5 Å². The smallest absolute Gasteiger partial charge is 0.246 e. The quantitative estimate of drug-likeness (QED) is 0.261. The van der Waals surface area contributed by atoms with Crippen LogP contribution >= 0.6 is 12.0 Å². The number of likely N-dealkylation sites (tertiary alicyclic amines) is 1. The first-order valence-electron chi connectivity index (χ1n) is 9.97. The molecular formula is C22H23N5O3S. The Morgan fingerprint density at radius 2 is 1.84 bits per heavy atom. The fourth-order valence-electron chi connectivity index (χ4n) is 3.52. The van der Waals surface area contributed by atoms with Crippen molar-refractivity contribution in [3.63, 3.8) is 0 Å². The molecule has 1 fully saturated rings. The second kappa shape index (κ2) is 10.4. The van der Waals surface area contributed by atoms with E-state index in [0.29, 0.717) is 13.1 Å². The minimum atomic E-state index is 0.0450. The molecule has 0 saturated carbocycles. The number of amides is 1. The molecule has 0 aliphatic carbocycles. The molecule has 31 heavy (non-hydrogen) atoms. The van der Waals surface area contributed by atoms with Gasteiger partial charge in [-0.25, -0.2) is 4.68 Å². The number of hydrogen-bond acceptors (Lipinski definition) is 7. The Balaban J connectivity index is 1.32. The summed E-state index contributed by atoms with van der Waals surface area (Å²) in [7, 11) is 0. The van der Waals surface area contributed by atoms with Gasteiger partial charge in [-0.05, 0) is 36.6 Å². The fourth-order valence-corrected chi connectivity index (χ4v) is 3.88. The second-order valence-corrected chi connectivity index (χ2v) is 7.93. The van der Waals surface area contributed by atoms with E-state index in [-0.39, 0.29) is 11.9 Å². The lowest BCUT2D eigenvalue weighted by Crippen LogP contribution is -2.38. The highest BCUT2D eigenvalue weighted by atomic mass is 32.2. The van der Waals surface area contributed by atoms with Crippen LogP contribution in [0.15, 0.2) is 71.8 Å². The van der Waals surface area contributed by atoms with E-state index >= 15 is 0 Å². The largest absolute Gasteiger partial charge is 0.339 e. The molecule has 0 unspecified atom stereocenters. The minimum Gasteiger partial charge on any atom is -0.339 e. The maximum Gasteiger partial charge on any atom is 0.246 e. The van der Waals surface area contributed by atoms with Crippen molar-refractivity contribution in [1.29, 1.82) is 0 Å². The van der Waals surface area contributed by atoms with Gasteiger partial charge in [0.2, 0.25) is 5.91 Å². The number of piperidine rings is 1. The molecule has 2 aromatic carbocycles. The number of carbonyl (C=O) groups is 1. The molecule has 0 radical (unpaired) electrons. The lowest BCUT2D eigenvalue weighted by molar-refractivity contribution is -0.195. The van der Waals surface area contributed by atoms with Gasteiger partial charge in [-0.2, -0.15) is 5.90 Å². The van der Waals surface area contributed by atoms with Gasteiger partial charge < -0.3 is 4.90 Å². The fraction of sp³-hybridized carbons (Fsp3) is 0.227. The van der Waals surface area contributed by atoms with Crippen LogP contribution in [0.4, 0.5) is 0 Å². The molecule has 1 aromatic heterocycles. The molecule has 9 heteroatoms. The molecule has 0 bridgehead atoms. The van der Waals surface area contributed by atoms with Crippen molar-refractivity contribution in [2.45, 2.75) is 23.8 Å². The van der Waals surface area contributed by atoms with Crippen LogP contribution in [0.1, 0.15) is 24.4 Å². The van der Waals surface area contributed by atoms with Gasteiger partial charge in [0.1, 0.15) is 5.69 Å². The first-order chi connectivity index (χ1) is 15.2. The van der Waals surface area contributed by atoms with Crippen LogP contribution in [0.3, 0.4) is 0 Å². The van der Waals surface area contributed by atoms with Gasteiger partial charge in [0.05, 0.1) is 24.3 Å². The Morgan fingerprint density at radius 3 is 2.55 bits per heavy atom. The molecule has 1 aliphatic rings. The van der Waals surface area contributed by atoms with Crippen molar-refractivity contribution in [2.24, 2.45) is 5.90 Å². The van der Waals surface area contributed by atoms with Crippen molar-refractivity contribution in [2.75, 3.05) is 13.1 Å². The normalized spacial score (nSPS) is 14.9. The maximum atomic E-state index is 12.5. The van der Waals surface area contributed by atoms with Crippen LogP contribution in [0.5, 0.6) is 0 Å². The van der Waals surface area contributed by atoms with Gasteiger partial charge in [-0.3, -0.25) is 4.79 Å². The number of benzene rings is 2.